The van der Waals surface area contributed by atoms with Gasteiger partial charge in [-0.1, -0.05) is 6.07 Å². The second-order valence-electron chi connectivity index (χ2n) is 5.81. The van der Waals surface area contributed by atoms with E-state index >= 15 is 0 Å². The Balaban J connectivity index is 2.22. The third kappa shape index (κ3) is 3.47. The molecule has 0 bridgehead atoms. The molecule has 1 aromatic carbocycles. The van der Waals surface area contributed by atoms with Crippen LogP contribution in [0.25, 0.3) is 11.0 Å². The number of nitrogens with one attached hydrogen (secondary N) is 1. The van der Waals surface area contributed by atoms with Crippen LogP contribution in [0.5, 0.6) is 5.75 Å². The lowest BCUT2D eigenvalue weighted by Crippen LogP contribution is -2.23. The SMILES string of the molecule is COC(=O)c1c[nH]c(=O)c(C(CC(N)=O)c2ccc3nccnc3c2)c1O. The first-order chi connectivity index (χ1) is 12.9. The van der Waals surface area contributed by atoms with E-state index in [1.807, 2.05) is 0 Å². The molecule has 0 saturated carbocycles. The van der Waals surface area contributed by atoms with Crippen molar-refractivity contribution in [3.63, 3.8) is 0 Å². The maximum atomic E-state index is 12.4. The molecule has 3 rings (SSSR count). The van der Waals surface area contributed by atoms with Crippen LogP contribution in [0.2, 0.25) is 0 Å². The summed E-state index contributed by atoms with van der Waals surface area (Å²) in [5.41, 5.74) is 6.02. The highest BCUT2D eigenvalue weighted by molar-refractivity contribution is 5.92. The van der Waals surface area contributed by atoms with Gasteiger partial charge in [0.25, 0.3) is 5.56 Å². The van der Waals surface area contributed by atoms with Crippen molar-refractivity contribution in [3.05, 3.63) is 63.8 Å². The number of esters is 1. The number of nitrogens with zero attached hydrogens (tertiary/aromatic N) is 2. The number of H-pyrrole nitrogens is 1. The molecule has 0 radical (unpaired) electrons. The average molecular weight is 368 g/mol. The number of carbonyl (C=O) groups is 2. The molecule has 138 valence electrons. The van der Waals surface area contributed by atoms with E-state index in [4.69, 9.17) is 5.73 Å². The van der Waals surface area contributed by atoms with E-state index in [0.717, 1.165) is 13.3 Å². The summed E-state index contributed by atoms with van der Waals surface area (Å²) in [6.07, 6.45) is 3.85. The number of methoxy groups -OCH3 is 1. The molecule has 0 aliphatic rings. The number of aromatic nitrogens is 3. The van der Waals surface area contributed by atoms with Gasteiger partial charge in [-0.2, -0.15) is 0 Å². The molecule has 0 spiro atoms. The van der Waals surface area contributed by atoms with Crippen LogP contribution in [0.1, 0.15) is 33.8 Å². The second-order valence-corrected chi connectivity index (χ2v) is 5.81. The quantitative estimate of drug-likeness (QED) is 0.564. The van der Waals surface area contributed by atoms with E-state index in [0.29, 0.717) is 16.6 Å². The minimum absolute atomic E-state index is 0.153. The van der Waals surface area contributed by atoms with Gasteiger partial charge in [0.1, 0.15) is 11.3 Å². The number of pyridine rings is 1. The van der Waals surface area contributed by atoms with Gasteiger partial charge in [0.2, 0.25) is 5.91 Å². The summed E-state index contributed by atoms with van der Waals surface area (Å²) >= 11 is 0. The zero-order valence-corrected chi connectivity index (χ0v) is 14.3. The maximum Gasteiger partial charge on any atom is 0.343 e. The minimum Gasteiger partial charge on any atom is -0.506 e. The summed E-state index contributed by atoms with van der Waals surface area (Å²) in [6.45, 7) is 0. The van der Waals surface area contributed by atoms with Gasteiger partial charge in [-0.15, -0.1) is 0 Å². The molecule has 1 unspecified atom stereocenters. The Morgan fingerprint density at radius 2 is 1.96 bits per heavy atom. The first kappa shape index (κ1) is 18.1. The highest BCUT2D eigenvalue weighted by Crippen LogP contribution is 2.34. The standard InChI is InChI=1S/C18H16N4O5/c1-27-18(26)11-8-22-17(25)15(16(11)24)10(7-14(19)23)9-2-3-12-13(6-9)21-5-4-20-12/h2-6,8,10H,7H2,1H3,(H2,19,23)(H2,22,24,25). The molecule has 2 aromatic heterocycles. The molecule has 0 saturated heterocycles. The van der Waals surface area contributed by atoms with Crippen molar-refractivity contribution in [1.29, 1.82) is 0 Å². The number of nitrogens with two attached hydrogens (primary N) is 1. The molecule has 27 heavy (non-hydrogen) atoms. The number of hydrogen-bond donors (Lipinski definition) is 3. The van der Waals surface area contributed by atoms with Crippen LogP contribution in [0, 0.1) is 0 Å². The largest absolute Gasteiger partial charge is 0.506 e. The first-order valence-electron chi connectivity index (χ1n) is 7.94. The van der Waals surface area contributed by atoms with Crippen LogP contribution in [-0.4, -0.2) is 39.0 Å². The Bertz CT molecular complexity index is 1090. The molecule has 0 aliphatic heterocycles. The monoisotopic (exact) mass is 368 g/mol. The molecule has 0 fully saturated rings. The van der Waals surface area contributed by atoms with Crippen LogP contribution < -0.4 is 11.3 Å². The van der Waals surface area contributed by atoms with Crippen molar-refractivity contribution < 1.29 is 19.4 Å². The van der Waals surface area contributed by atoms with Crippen molar-refractivity contribution in [2.75, 3.05) is 7.11 Å². The van der Waals surface area contributed by atoms with Crippen molar-refractivity contribution in [1.82, 2.24) is 15.0 Å². The number of hydrogen-bond acceptors (Lipinski definition) is 7. The highest BCUT2D eigenvalue weighted by atomic mass is 16.5. The zero-order valence-electron chi connectivity index (χ0n) is 14.3. The van der Waals surface area contributed by atoms with E-state index in [9.17, 15) is 19.5 Å². The number of aromatic hydroxyl groups is 1. The van der Waals surface area contributed by atoms with E-state index in [-0.39, 0.29) is 17.5 Å². The maximum absolute atomic E-state index is 12.4. The molecular formula is C18H16N4O5. The predicted octanol–water partition coefficient (Wildman–Crippen LogP) is 0.818. The lowest BCUT2D eigenvalue weighted by atomic mass is 9.87. The number of rotatable bonds is 5. The lowest BCUT2D eigenvalue weighted by molar-refractivity contribution is -0.118. The Kier molecular flexibility index (Phi) is 4.84. The predicted molar refractivity (Wildman–Crippen MR) is 95.3 cm³/mol. The molecule has 3 aromatic rings. The number of ether oxygens (including phenoxy) is 1. The molecule has 2 heterocycles. The van der Waals surface area contributed by atoms with E-state index in [2.05, 4.69) is 19.7 Å². The van der Waals surface area contributed by atoms with Crippen molar-refractivity contribution >= 4 is 22.9 Å². The van der Waals surface area contributed by atoms with Gasteiger partial charge in [-0.05, 0) is 17.7 Å². The number of amides is 1. The normalized spacial score (nSPS) is 11.9. The van der Waals surface area contributed by atoms with Crippen LogP contribution in [0.4, 0.5) is 0 Å². The van der Waals surface area contributed by atoms with Crippen molar-refractivity contribution in [3.8, 4) is 5.75 Å². The van der Waals surface area contributed by atoms with E-state index in [1.54, 1.807) is 24.4 Å². The van der Waals surface area contributed by atoms with Gasteiger partial charge in [0.05, 0.1) is 23.7 Å². The number of carbonyl (C=O) groups excluding carboxylic acids is 2. The average Bonchev–Trinajstić information content (AvgIpc) is 2.66. The zero-order chi connectivity index (χ0) is 19.6. The summed E-state index contributed by atoms with van der Waals surface area (Å²) < 4.78 is 4.61. The van der Waals surface area contributed by atoms with E-state index in [1.165, 1.54) is 6.20 Å². The summed E-state index contributed by atoms with van der Waals surface area (Å²) in [5.74, 6) is -2.95. The number of benzene rings is 1. The molecule has 1 amide bonds. The number of aromatic amines is 1. The Hall–Kier alpha value is -3.75. The molecule has 4 N–H and O–H groups in total. The van der Waals surface area contributed by atoms with Crippen molar-refractivity contribution in [2.45, 2.75) is 12.3 Å². The molecular weight excluding hydrogens is 352 g/mol. The molecule has 0 aliphatic carbocycles. The fraction of sp³-hybridized carbons (Fsp3) is 0.167. The second kappa shape index (κ2) is 7.24. The molecule has 9 heteroatoms. The lowest BCUT2D eigenvalue weighted by Gasteiger charge is -2.18. The van der Waals surface area contributed by atoms with Crippen LogP contribution in [0.3, 0.4) is 0 Å². The van der Waals surface area contributed by atoms with E-state index < -0.39 is 29.1 Å². The van der Waals surface area contributed by atoms with Gasteiger partial charge in [-0.3, -0.25) is 19.6 Å². The topological polar surface area (TPSA) is 148 Å². The molecule has 1 atom stereocenters. The summed E-state index contributed by atoms with van der Waals surface area (Å²) in [7, 11) is 1.15. The fourth-order valence-corrected chi connectivity index (χ4v) is 2.91. The van der Waals surface area contributed by atoms with Crippen LogP contribution >= 0.6 is 0 Å². The Labute approximate surface area is 152 Å². The Morgan fingerprint density at radius 3 is 2.63 bits per heavy atom. The van der Waals surface area contributed by atoms with Gasteiger partial charge in [0, 0.05) is 30.9 Å². The third-order valence-corrected chi connectivity index (χ3v) is 4.16. The van der Waals surface area contributed by atoms with Gasteiger partial charge in [-0.25, -0.2) is 4.79 Å². The Morgan fingerprint density at radius 1 is 1.26 bits per heavy atom. The summed E-state index contributed by atoms with van der Waals surface area (Å²) in [5, 5.41) is 10.5. The summed E-state index contributed by atoms with van der Waals surface area (Å²) in [6, 6.07) is 5.00. The summed E-state index contributed by atoms with van der Waals surface area (Å²) in [4.78, 5) is 46.6. The van der Waals surface area contributed by atoms with Gasteiger partial charge < -0.3 is 20.6 Å². The van der Waals surface area contributed by atoms with Crippen LogP contribution in [-0.2, 0) is 9.53 Å². The molecule has 9 nitrogen and oxygen atoms in total. The third-order valence-electron chi connectivity index (χ3n) is 4.16. The van der Waals surface area contributed by atoms with Crippen LogP contribution in [0.15, 0.2) is 41.6 Å². The minimum atomic E-state index is -0.887. The van der Waals surface area contributed by atoms with Gasteiger partial charge >= 0.3 is 5.97 Å². The van der Waals surface area contributed by atoms with Gasteiger partial charge in [0.15, 0.2) is 0 Å². The smallest absolute Gasteiger partial charge is 0.343 e. The number of fused-ring (bicyclic) bond motifs is 1. The van der Waals surface area contributed by atoms with Crippen molar-refractivity contribution in [2.24, 2.45) is 5.73 Å². The first-order valence-corrected chi connectivity index (χ1v) is 7.94. The highest BCUT2D eigenvalue weighted by Gasteiger charge is 2.27. The number of primary amides is 1. The fourth-order valence-electron chi connectivity index (χ4n) is 2.91.